The van der Waals surface area contributed by atoms with Gasteiger partial charge in [-0.25, -0.2) is 0 Å². The molecule has 0 radical (unpaired) electrons. The Morgan fingerprint density at radius 1 is 1.14 bits per heavy atom. The van der Waals surface area contributed by atoms with E-state index in [9.17, 15) is 4.21 Å². The van der Waals surface area contributed by atoms with Gasteiger partial charge in [0.2, 0.25) is 0 Å². The van der Waals surface area contributed by atoms with E-state index in [2.05, 4.69) is 35.6 Å². The van der Waals surface area contributed by atoms with Crippen LogP contribution in [-0.4, -0.2) is 28.9 Å². The van der Waals surface area contributed by atoms with Crippen LogP contribution < -0.4 is 10.1 Å². The van der Waals surface area contributed by atoms with Crippen LogP contribution in [0.4, 0.5) is 0 Å². The molecule has 0 bridgehead atoms. The van der Waals surface area contributed by atoms with E-state index in [-0.39, 0.29) is 0 Å². The Bertz CT molecular complexity index is 646. The third-order valence-electron chi connectivity index (χ3n) is 4.09. The summed E-state index contributed by atoms with van der Waals surface area (Å²) in [7, 11) is 1.11. The lowest BCUT2D eigenvalue weighted by atomic mass is 10.1. The molecule has 0 spiro atoms. The maximum Gasteiger partial charge on any atom is 0.119 e. The predicted octanol–water partition coefficient (Wildman–Crippen LogP) is 2.85. The van der Waals surface area contributed by atoms with E-state index < -0.39 is 10.8 Å². The second kappa shape index (κ2) is 6.58. The molecule has 112 valence electrons. The van der Waals surface area contributed by atoms with Gasteiger partial charge in [-0.05, 0) is 47.4 Å². The Labute approximate surface area is 128 Å². The lowest BCUT2D eigenvalue weighted by Gasteiger charge is -2.22. The van der Waals surface area contributed by atoms with Gasteiger partial charge >= 0.3 is 0 Å². The molecule has 1 aliphatic heterocycles. The number of nitrogens with one attached hydrogen (secondary N) is 1. The fraction of sp³-hybridized carbons (Fsp3) is 0.412. The monoisotopic (exact) mass is 303 g/mol. The van der Waals surface area contributed by atoms with Crippen molar-refractivity contribution in [2.45, 2.75) is 25.4 Å². The molecule has 0 amide bonds. The molecule has 1 aliphatic rings. The van der Waals surface area contributed by atoms with Crippen molar-refractivity contribution in [3.8, 4) is 5.75 Å². The molecule has 1 saturated heterocycles. The van der Waals surface area contributed by atoms with E-state index in [4.69, 9.17) is 4.74 Å². The minimum absolute atomic E-state index is 0.509. The van der Waals surface area contributed by atoms with Crippen LogP contribution in [0.5, 0.6) is 5.75 Å². The van der Waals surface area contributed by atoms with Crippen molar-refractivity contribution in [2.75, 3.05) is 18.6 Å². The summed E-state index contributed by atoms with van der Waals surface area (Å²) in [5.41, 5.74) is 1.29. The number of ether oxygens (including phenoxy) is 1. The zero-order valence-corrected chi connectivity index (χ0v) is 13.1. The molecule has 0 unspecified atom stereocenters. The number of hydrogen-bond acceptors (Lipinski definition) is 3. The number of benzene rings is 2. The Morgan fingerprint density at radius 3 is 2.62 bits per heavy atom. The summed E-state index contributed by atoms with van der Waals surface area (Å²) in [4.78, 5) is 0. The van der Waals surface area contributed by atoms with Gasteiger partial charge < -0.3 is 10.1 Å². The van der Waals surface area contributed by atoms with Crippen LogP contribution in [0.15, 0.2) is 36.4 Å². The van der Waals surface area contributed by atoms with Crippen LogP contribution in [0.2, 0.25) is 0 Å². The molecule has 2 aromatic carbocycles. The van der Waals surface area contributed by atoms with Gasteiger partial charge in [-0.1, -0.05) is 18.2 Å². The molecule has 0 atom stereocenters. The highest BCUT2D eigenvalue weighted by atomic mass is 32.2. The van der Waals surface area contributed by atoms with Gasteiger partial charge in [0.05, 0.1) is 7.11 Å². The number of rotatable bonds is 4. The van der Waals surface area contributed by atoms with Gasteiger partial charge in [0.25, 0.3) is 0 Å². The van der Waals surface area contributed by atoms with E-state index in [1.54, 1.807) is 7.11 Å². The maximum absolute atomic E-state index is 11.4. The van der Waals surface area contributed by atoms with Gasteiger partial charge in [-0.2, -0.15) is 0 Å². The lowest BCUT2D eigenvalue weighted by molar-refractivity contribution is 0.415. The van der Waals surface area contributed by atoms with E-state index in [1.807, 2.05) is 6.07 Å². The molecule has 0 saturated carbocycles. The van der Waals surface area contributed by atoms with E-state index in [0.29, 0.717) is 6.04 Å². The fourth-order valence-corrected chi connectivity index (χ4v) is 4.07. The highest BCUT2D eigenvalue weighted by Gasteiger charge is 2.16. The molecule has 0 aromatic heterocycles. The molecule has 4 heteroatoms. The summed E-state index contributed by atoms with van der Waals surface area (Å²) in [5.74, 6) is 2.58. The van der Waals surface area contributed by atoms with Crippen molar-refractivity contribution in [2.24, 2.45) is 0 Å². The first-order valence-electron chi connectivity index (χ1n) is 7.39. The molecule has 2 aromatic rings. The molecular formula is C17H21NO2S. The van der Waals surface area contributed by atoms with Crippen LogP contribution in [0.3, 0.4) is 0 Å². The van der Waals surface area contributed by atoms with E-state index >= 15 is 0 Å². The molecule has 3 nitrogen and oxygen atoms in total. The average molecular weight is 303 g/mol. The van der Waals surface area contributed by atoms with Crippen molar-refractivity contribution in [3.05, 3.63) is 42.0 Å². The molecular weight excluding hydrogens is 282 g/mol. The summed E-state index contributed by atoms with van der Waals surface area (Å²) >= 11 is 0. The van der Waals surface area contributed by atoms with Gasteiger partial charge in [-0.15, -0.1) is 0 Å². The molecule has 0 aliphatic carbocycles. The smallest absolute Gasteiger partial charge is 0.119 e. The first-order chi connectivity index (χ1) is 10.2. The minimum Gasteiger partial charge on any atom is -0.497 e. The number of methoxy groups -OCH3 is 1. The normalized spacial score (nSPS) is 22.3. The Balaban J connectivity index is 1.66. The summed E-state index contributed by atoms with van der Waals surface area (Å²) in [6.45, 7) is 0.874. The SMILES string of the molecule is COc1ccc2cc(CNC3CCS(=O)CC3)ccc2c1. The third-order valence-corrected chi connectivity index (χ3v) is 5.48. The average Bonchev–Trinajstić information content (AvgIpc) is 2.53. The highest BCUT2D eigenvalue weighted by Crippen LogP contribution is 2.22. The van der Waals surface area contributed by atoms with Gasteiger partial charge in [0.1, 0.15) is 5.75 Å². The third kappa shape index (κ3) is 3.63. The summed E-state index contributed by atoms with van der Waals surface area (Å²) in [5, 5.41) is 6.02. The minimum atomic E-state index is -0.583. The summed E-state index contributed by atoms with van der Waals surface area (Å²) < 4.78 is 16.6. The van der Waals surface area contributed by atoms with Crippen LogP contribution in [0.1, 0.15) is 18.4 Å². The summed E-state index contributed by atoms with van der Waals surface area (Å²) in [6.07, 6.45) is 2.05. The fourth-order valence-electron chi connectivity index (χ4n) is 2.77. The van der Waals surface area contributed by atoms with Crippen LogP contribution >= 0.6 is 0 Å². The molecule has 1 N–H and O–H groups in total. The number of hydrogen-bond donors (Lipinski definition) is 1. The van der Waals surface area contributed by atoms with Crippen molar-refractivity contribution in [3.63, 3.8) is 0 Å². The second-order valence-corrected chi connectivity index (χ2v) is 7.25. The lowest BCUT2D eigenvalue weighted by Crippen LogP contribution is -2.35. The molecule has 3 rings (SSSR count). The Morgan fingerprint density at radius 2 is 1.86 bits per heavy atom. The Kier molecular flexibility index (Phi) is 4.56. The second-order valence-electron chi connectivity index (χ2n) is 5.55. The van der Waals surface area contributed by atoms with Crippen molar-refractivity contribution in [1.82, 2.24) is 5.32 Å². The van der Waals surface area contributed by atoms with Crippen molar-refractivity contribution < 1.29 is 8.95 Å². The highest BCUT2D eigenvalue weighted by molar-refractivity contribution is 7.85. The zero-order valence-electron chi connectivity index (χ0n) is 12.3. The van der Waals surface area contributed by atoms with E-state index in [0.717, 1.165) is 36.6 Å². The zero-order chi connectivity index (χ0) is 14.7. The van der Waals surface area contributed by atoms with Crippen LogP contribution in [0.25, 0.3) is 10.8 Å². The molecule has 21 heavy (non-hydrogen) atoms. The molecule has 1 fully saturated rings. The predicted molar refractivity (Wildman–Crippen MR) is 88.2 cm³/mol. The van der Waals surface area contributed by atoms with Crippen molar-refractivity contribution >= 4 is 21.6 Å². The number of fused-ring (bicyclic) bond motifs is 1. The Hall–Kier alpha value is -1.39. The van der Waals surface area contributed by atoms with Crippen LogP contribution in [0, 0.1) is 0 Å². The van der Waals surface area contributed by atoms with Crippen molar-refractivity contribution in [1.29, 1.82) is 0 Å². The largest absolute Gasteiger partial charge is 0.497 e. The maximum atomic E-state index is 11.4. The quantitative estimate of drug-likeness (QED) is 0.944. The first-order valence-corrected chi connectivity index (χ1v) is 8.88. The molecule has 1 heterocycles. The van der Waals surface area contributed by atoms with Gasteiger partial charge in [-0.3, -0.25) is 4.21 Å². The first kappa shape index (κ1) is 14.5. The topological polar surface area (TPSA) is 38.3 Å². The van der Waals surface area contributed by atoms with Gasteiger partial charge in [0, 0.05) is 34.9 Å². The van der Waals surface area contributed by atoms with Gasteiger partial charge in [0.15, 0.2) is 0 Å². The standard InChI is InChI=1S/C17H21NO2S/c1-20-17-5-4-14-10-13(2-3-15(14)11-17)12-18-16-6-8-21(19)9-7-16/h2-5,10-11,16,18H,6-9,12H2,1H3. The van der Waals surface area contributed by atoms with Crippen LogP contribution in [-0.2, 0) is 17.3 Å². The summed E-state index contributed by atoms with van der Waals surface area (Å²) in [6, 6.07) is 13.2. The van der Waals surface area contributed by atoms with E-state index in [1.165, 1.54) is 16.3 Å².